The molecule has 0 atom stereocenters. The normalized spacial score (nSPS) is 10.6. The Morgan fingerprint density at radius 3 is 2.50 bits per heavy atom. The smallest absolute Gasteiger partial charge is 0.123 e. The van der Waals surface area contributed by atoms with Gasteiger partial charge in [0.2, 0.25) is 0 Å². The fourth-order valence-electron chi connectivity index (χ4n) is 2.43. The highest BCUT2D eigenvalue weighted by Gasteiger charge is 2.02. The minimum Gasteiger partial charge on any atom is -0.493 e. The van der Waals surface area contributed by atoms with Gasteiger partial charge in [-0.25, -0.2) is 0 Å². The molecule has 1 N–H and O–H groups in total. The summed E-state index contributed by atoms with van der Waals surface area (Å²) in [4.78, 5) is 0. The SMILES string of the molecule is CCCCCOc1ccccc1CNCCc1ccccc1. The lowest BCUT2D eigenvalue weighted by molar-refractivity contribution is 0.302. The van der Waals surface area contributed by atoms with Gasteiger partial charge in [0, 0.05) is 12.1 Å². The lowest BCUT2D eigenvalue weighted by Gasteiger charge is -2.12. The molecule has 0 spiro atoms. The van der Waals surface area contributed by atoms with E-state index in [1.165, 1.54) is 24.0 Å². The Balaban J connectivity index is 1.74. The summed E-state index contributed by atoms with van der Waals surface area (Å²) in [6.45, 7) is 4.87. The van der Waals surface area contributed by atoms with Crippen LogP contribution in [0.2, 0.25) is 0 Å². The largest absolute Gasteiger partial charge is 0.493 e. The van der Waals surface area contributed by atoms with E-state index in [1.54, 1.807) is 0 Å². The van der Waals surface area contributed by atoms with Gasteiger partial charge in [-0.2, -0.15) is 0 Å². The number of para-hydroxylation sites is 1. The molecule has 0 aliphatic heterocycles. The first-order valence-corrected chi connectivity index (χ1v) is 8.35. The summed E-state index contributed by atoms with van der Waals surface area (Å²) >= 11 is 0. The van der Waals surface area contributed by atoms with Crippen molar-refractivity contribution in [1.29, 1.82) is 0 Å². The van der Waals surface area contributed by atoms with Gasteiger partial charge < -0.3 is 10.1 Å². The van der Waals surface area contributed by atoms with Crippen molar-refractivity contribution in [3.8, 4) is 5.75 Å². The zero-order valence-electron chi connectivity index (χ0n) is 13.6. The van der Waals surface area contributed by atoms with E-state index >= 15 is 0 Å². The Hall–Kier alpha value is -1.80. The predicted molar refractivity (Wildman–Crippen MR) is 93.3 cm³/mol. The maximum Gasteiger partial charge on any atom is 0.123 e. The maximum atomic E-state index is 5.91. The van der Waals surface area contributed by atoms with Crippen LogP contribution in [-0.4, -0.2) is 13.2 Å². The average Bonchev–Trinajstić information content (AvgIpc) is 2.57. The standard InChI is InChI=1S/C20H27NO/c1-2-3-9-16-22-20-13-8-7-12-19(20)17-21-15-14-18-10-5-4-6-11-18/h4-8,10-13,21H,2-3,9,14-17H2,1H3. The zero-order chi connectivity index (χ0) is 15.5. The van der Waals surface area contributed by atoms with Gasteiger partial charge in [-0.1, -0.05) is 68.3 Å². The molecule has 0 amide bonds. The molecule has 0 radical (unpaired) electrons. The Morgan fingerprint density at radius 1 is 0.909 bits per heavy atom. The second-order valence-electron chi connectivity index (χ2n) is 5.58. The number of rotatable bonds is 10. The van der Waals surface area contributed by atoms with Gasteiger partial charge in [-0.05, 0) is 31.0 Å². The second-order valence-corrected chi connectivity index (χ2v) is 5.58. The monoisotopic (exact) mass is 297 g/mol. The molecule has 118 valence electrons. The summed E-state index contributed by atoms with van der Waals surface area (Å²) in [6.07, 6.45) is 4.65. The number of hydrogen-bond acceptors (Lipinski definition) is 2. The summed E-state index contributed by atoms with van der Waals surface area (Å²) in [5.41, 5.74) is 2.62. The molecule has 0 aliphatic carbocycles. The molecule has 2 aromatic carbocycles. The van der Waals surface area contributed by atoms with Crippen LogP contribution >= 0.6 is 0 Å². The molecular weight excluding hydrogens is 270 g/mol. The molecule has 0 aromatic heterocycles. The number of unbranched alkanes of at least 4 members (excludes halogenated alkanes) is 2. The van der Waals surface area contributed by atoms with Crippen molar-refractivity contribution < 1.29 is 4.74 Å². The van der Waals surface area contributed by atoms with Crippen molar-refractivity contribution in [3.63, 3.8) is 0 Å². The van der Waals surface area contributed by atoms with Crippen molar-refractivity contribution >= 4 is 0 Å². The molecule has 0 saturated carbocycles. The lowest BCUT2D eigenvalue weighted by Crippen LogP contribution is -2.17. The molecule has 0 fully saturated rings. The molecule has 2 rings (SSSR count). The molecule has 0 saturated heterocycles. The van der Waals surface area contributed by atoms with Crippen molar-refractivity contribution in [3.05, 3.63) is 65.7 Å². The van der Waals surface area contributed by atoms with E-state index < -0.39 is 0 Å². The maximum absolute atomic E-state index is 5.91. The summed E-state index contributed by atoms with van der Waals surface area (Å²) in [6, 6.07) is 18.9. The van der Waals surface area contributed by atoms with Gasteiger partial charge in [0.05, 0.1) is 6.61 Å². The van der Waals surface area contributed by atoms with E-state index in [9.17, 15) is 0 Å². The third kappa shape index (κ3) is 5.90. The van der Waals surface area contributed by atoms with Gasteiger partial charge in [0.15, 0.2) is 0 Å². The first-order chi connectivity index (χ1) is 10.9. The van der Waals surface area contributed by atoms with Crippen LogP contribution in [0.15, 0.2) is 54.6 Å². The van der Waals surface area contributed by atoms with Crippen LogP contribution in [0.4, 0.5) is 0 Å². The first-order valence-electron chi connectivity index (χ1n) is 8.35. The fraction of sp³-hybridized carbons (Fsp3) is 0.400. The van der Waals surface area contributed by atoms with Crippen LogP contribution in [0.3, 0.4) is 0 Å². The van der Waals surface area contributed by atoms with E-state index in [4.69, 9.17) is 4.74 Å². The van der Waals surface area contributed by atoms with Crippen molar-refractivity contribution in [2.24, 2.45) is 0 Å². The first kappa shape index (κ1) is 16.6. The van der Waals surface area contributed by atoms with Crippen molar-refractivity contribution in [2.75, 3.05) is 13.2 Å². The van der Waals surface area contributed by atoms with Gasteiger partial charge in [-0.15, -0.1) is 0 Å². The second kappa shape index (κ2) is 10.0. The molecule has 22 heavy (non-hydrogen) atoms. The molecular formula is C20H27NO. The third-order valence-electron chi connectivity index (χ3n) is 3.73. The zero-order valence-corrected chi connectivity index (χ0v) is 13.6. The molecule has 0 heterocycles. The van der Waals surface area contributed by atoms with Gasteiger partial charge >= 0.3 is 0 Å². The van der Waals surface area contributed by atoms with Crippen LogP contribution in [0.25, 0.3) is 0 Å². The molecule has 2 aromatic rings. The summed E-state index contributed by atoms with van der Waals surface area (Å²) < 4.78 is 5.91. The number of hydrogen-bond donors (Lipinski definition) is 1. The molecule has 0 aliphatic rings. The van der Waals surface area contributed by atoms with Gasteiger partial charge in [0.25, 0.3) is 0 Å². The van der Waals surface area contributed by atoms with E-state index in [0.717, 1.165) is 38.3 Å². The predicted octanol–water partition coefficient (Wildman–Crippen LogP) is 4.59. The average molecular weight is 297 g/mol. The van der Waals surface area contributed by atoms with Gasteiger partial charge in [-0.3, -0.25) is 0 Å². The minimum atomic E-state index is 0.814. The summed E-state index contributed by atoms with van der Waals surface area (Å²) in [5, 5.41) is 3.51. The Bertz CT molecular complexity index is 524. The molecule has 2 nitrogen and oxygen atoms in total. The molecule has 0 unspecified atom stereocenters. The molecule has 2 heteroatoms. The Kier molecular flexibility index (Phi) is 7.54. The highest BCUT2D eigenvalue weighted by Crippen LogP contribution is 2.18. The minimum absolute atomic E-state index is 0.814. The van der Waals surface area contributed by atoms with E-state index in [-0.39, 0.29) is 0 Å². The summed E-state index contributed by atoms with van der Waals surface area (Å²) in [7, 11) is 0. The highest BCUT2D eigenvalue weighted by atomic mass is 16.5. The van der Waals surface area contributed by atoms with E-state index in [1.807, 2.05) is 6.07 Å². The van der Waals surface area contributed by atoms with E-state index in [2.05, 4.69) is 60.8 Å². The number of nitrogens with one attached hydrogen (secondary N) is 1. The van der Waals surface area contributed by atoms with Crippen LogP contribution in [0, 0.1) is 0 Å². The lowest BCUT2D eigenvalue weighted by atomic mass is 10.1. The highest BCUT2D eigenvalue weighted by molar-refractivity contribution is 5.33. The van der Waals surface area contributed by atoms with Crippen LogP contribution in [0.1, 0.15) is 37.3 Å². The Labute approximate surface area is 134 Å². The van der Waals surface area contributed by atoms with Crippen LogP contribution in [-0.2, 0) is 13.0 Å². The molecule has 0 bridgehead atoms. The van der Waals surface area contributed by atoms with Gasteiger partial charge in [0.1, 0.15) is 5.75 Å². The van der Waals surface area contributed by atoms with Crippen LogP contribution in [0.5, 0.6) is 5.75 Å². The van der Waals surface area contributed by atoms with E-state index in [0.29, 0.717) is 0 Å². The topological polar surface area (TPSA) is 21.3 Å². The number of benzene rings is 2. The fourth-order valence-corrected chi connectivity index (χ4v) is 2.43. The number of ether oxygens (including phenoxy) is 1. The van der Waals surface area contributed by atoms with Crippen molar-refractivity contribution in [2.45, 2.75) is 39.2 Å². The Morgan fingerprint density at radius 2 is 1.68 bits per heavy atom. The van der Waals surface area contributed by atoms with Crippen molar-refractivity contribution in [1.82, 2.24) is 5.32 Å². The summed E-state index contributed by atoms with van der Waals surface area (Å²) in [5.74, 6) is 1.02. The quantitative estimate of drug-likeness (QED) is 0.648. The van der Waals surface area contributed by atoms with Crippen LogP contribution < -0.4 is 10.1 Å². The third-order valence-corrected chi connectivity index (χ3v) is 3.73.